The van der Waals surface area contributed by atoms with E-state index in [1.165, 1.54) is 22.8 Å². The number of hydrogen-bond donors (Lipinski definition) is 0. The van der Waals surface area contributed by atoms with Gasteiger partial charge in [-0.2, -0.15) is 4.99 Å². The van der Waals surface area contributed by atoms with Gasteiger partial charge in [-0.1, -0.05) is 11.3 Å². The second kappa shape index (κ2) is 8.99. The van der Waals surface area contributed by atoms with Crippen LogP contribution >= 0.6 is 23.1 Å². The number of thioether (sulfide) groups is 1. The van der Waals surface area contributed by atoms with E-state index >= 15 is 0 Å². The van der Waals surface area contributed by atoms with Gasteiger partial charge in [0.15, 0.2) is 4.80 Å². The molecule has 1 atom stereocenters. The number of nitrogens with zero attached hydrogens (tertiary/aromatic N) is 3. The average molecular weight is 458 g/mol. The van der Waals surface area contributed by atoms with Crippen LogP contribution in [0.25, 0.3) is 10.2 Å². The molecule has 1 aliphatic heterocycles. The van der Waals surface area contributed by atoms with Crippen LogP contribution in [-0.2, 0) is 30.9 Å². The molecule has 11 heteroatoms. The van der Waals surface area contributed by atoms with Crippen molar-refractivity contribution < 1.29 is 22.7 Å². The number of rotatable bonds is 5. The van der Waals surface area contributed by atoms with E-state index in [1.807, 2.05) is 24.5 Å². The topological polar surface area (TPSA) is 98.0 Å². The second-order valence-electron chi connectivity index (χ2n) is 6.79. The molecule has 2 aromatic rings. The highest BCUT2D eigenvalue weighted by Crippen LogP contribution is 2.25. The first kappa shape index (κ1) is 22.0. The maximum atomic E-state index is 12.8. The number of carbonyl (C=O) groups is 2. The summed E-state index contributed by atoms with van der Waals surface area (Å²) in [6, 6.07) is 5.84. The molecule has 1 amide bonds. The van der Waals surface area contributed by atoms with Crippen LogP contribution in [0.3, 0.4) is 0 Å². The zero-order chi connectivity index (χ0) is 21.2. The van der Waals surface area contributed by atoms with Gasteiger partial charge in [0.2, 0.25) is 10.0 Å². The molecular weight excluding hydrogens is 434 g/mol. The lowest BCUT2D eigenvalue weighted by molar-refractivity contribution is -0.141. The molecule has 0 radical (unpaired) electrons. The minimum atomic E-state index is -3.35. The van der Waals surface area contributed by atoms with Crippen molar-refractivity contribution in [2.75, 3.05) is 32.7 Å². The SMILES string of the molecule is COC(=O)Cn1c(=NC(=O)C2CCCN(S(C)(=O)=O)C2)sc2cc(SC)ccc21. The zero-order valence-electron chi connectivity index (χ0n) is 16.5. The Morgan fingerprint density at radius 3 is 2.79 bits per heavy atom. The van der Waals surface area contributed by atoms with E-state index in [2.05, 4.69) is 4.99 Å². The highest BCUT2D eigenvalue weighted by atomic mass is 32.2. The van der Waals surface area contributed by atoms with Crippen LogP contribution in [0, 0.1) is 5.92 Å². The number of carbonyl (C=O) groups excluding carboxylic acids is 2. The van der Waals surface area contributed by atoms with Crippen LogP contribution in [-0.4, -0.2) is 61.9 Å². The fraction of sp³-hybridized carbons (Fsp3) is 0.500. The smallest absolute Gasteiger partial charge is 0.325 e. The van der Waals surface area contributed by atoms with E-state index in [0.717, 1.165) is 21.4 Å². The highest BCUT2D eigenvalue weighted by molar-refractivity contribution is 7.98. The molecule has 1 aromatic heterocycles. The molecular formula is C18H23N3O5S3. The van der Waals surface area contributed by atoms with Crippen LogP contribution in [0.4, 0.5) is 0 Å². The normalized spacial score (nSPS) is 18.9. The van der Waals surface area contributed by atoms with Crippen molar-refractivity contribution in [2.45, 2.75) is 24.3 Å². The van der Waals surface area contributed by atoms with Gasteiger partial charge >= 0.3 is 5.97 Å². The summed E-state index contributed by atoms with van der Waals surface area (Å²) in [7, 11) is -2.03. The van der Waals surface area contributed by atoms with E-state index in [4.69, 9.17) is 4.74 Å². The monoisotopic (exact) mass is 457 g/mol. The van der Waals surface area contributed by atoms with Crippen LogP contribution < -0.4 is 4.80 Å². The van der Waals surface area contributed by atoms with Gasteiger partial charge in [0.25, 0.3) is 5.91 Å². The quantitative estimate of drug-likeness (QED) is 0.501. The number of aromatic nitrogens is 1. The van der Waals surface area contributed by atoms with Gasteiger partial charge in [0.05, 0.1) is 29.5 Å². The van der Waals surface area contributed by atoms with Gasteiger partial charge in [-0.05, 0) is 37.3 Å². The third-order valence-corrected chi connectivity index (χ3v) is 7.85. The number of methoxy groups -OCH3 is 1. The first-order valence-electron chi connectivity index (χ1n) is 9.01. The Bertz CT molecular complexity index is 1100. The maximum Gasteiger partial charge on any atom is 0.325 e. The van der Waals surface area contributed by atoms with Crippen molar-refractivity contribution in [3.8, 4) is 0 Å². The summed E-state index contributed by atoms with van der Waals surface area (Å²) in [6.07, 6.45) is 4.33. The molecule has 0 saturated carbocycles. The van der Waals surface area contributed by atoms with Crippen molar-refractivity contribution in [1.82, 2.24) is 8.87 Å². The number of amides is 1. The summed E-state index contributed by atoms with van der Waals surface area (Å²) >= 11 is 2.93. The molecule has 0 N–H and O–H groups in total. The summed E-state index contributed by atoms with van der Waals surface area (Å²) < 4.78 is 32.3. The Kier molecular flexibility index (Phi) is 6.82. The van der Waals surface area contributed by atoms with Crippen molar-refractivity contribution in [3.63, 3.8) is 0 Å². The van der Waals surface area contributed by atoms with Gasteiger partial charge in [0, 0.05) is 18.0 Å². The molecule has 2 heterocycles. The van der Waals surface area contributed by atoms with E-state index in [0.29, 0.717) is 24.2 Å². The lowest BCUT2D eigenvalue weighted by Crippen LogP contribution is -2.41. The van der Waals surface area contributed by atoms with Crippen molar-refractivity contribution in [1.29, 1.82) is 0 Å². The summed E-state index contributed by atoms with van der Waals surface area (Å²) in [5.74, 6) is -1.29. The number of fused-ring (bicyclic) bond motifs is 1. The first-order valence-corrected chi connectivity index (χ1v) is 12.9. The molecule has 8 nitrogen and oxygen atoms in total. The van der Waals surface area contributed by atoms with E-state index in [-0.39, 0.29) is 19.0 Å². The van der Waals surface area contributed by atoms with Gasteiger partial charge < -0.3 is 9.30 Å². The van der Waals surface area contributed by atoms with Gasteiger partial charge in [0.1, 0.15) is 6.54 Å². The minimum absolute atomic E-state index is 0.0542. The molecule has 0 bridgehead atoms. The third-order valence-electron chi connectivity index (χ3n) is 4.81. The standard InChI is InChI=1S/C18H23N3O5S3/c1-26-16(22)11-21-14-7-6-13(27-2)9-15(14)28-18(21)19-17(23)12-5-4-8-20(10-12)29(3,24)25/h6-7,9,12H,4-5,8,10-11H2,1-3H3. The number of hydrogen-bond acceptors (Lipinski definition) is 7. The van der Waals surface area contributed by atoms with Crippen molar-refractivity contribution in [3.05, 3.63) is 23.0 Å². The maximum absolute atomic E-state index is 12.8. The predicted octanol–water partition coefficient (Wildman–Crippen LogP) is 1.70. The molecule has 29 heavy (non-hydrogen) atoms. The average Bonchev–Trinajstić information content (AvgIpc) is 3.03. The van der Waals surface area contributed by atoms with E-state index < -0.39 is 21.9 Å². The fourth-order valence-corrected chi connectivity index (χ4v) is 5.74. The number of ether oxygens (including phenoxy) is 1. The number of sulfonamides is 1. The number of benzene rings is 1. The minimum Gasteiger partial charge on any atom is -0.468 e. The number of piperidine rings is 1. The van der Waals surface area contributed by atoms with Gasteiger partial charge in [-0.3, -0.25) is 9.59 Å². The first-order chi connectivity index (χ1) is 13.7. The Morgan fingerprint density at radius 2 is 2.14 bits per heavy atom. The Hall–Kier alpha value is -1.69. The lowest BCUT2D eigenvalue weighted by Gasteiger charge is -2.28. The Balaban J connectivity index is 2.00. The van der Waals surface area contributed by atoms with Crippen LogP contribution in [0.5, 0.6) is 0 Å². The molecule has 1 unspecified atom stereocenters. The van der Waals surface area contributed by atoms with Crippen LogP contribution in [0.15, 0.2) is 28.1 Å². The summed E-state index contributed by atoms with van der Waals surface area (Å²) in [6.45, 7) is 0.506. The van der Waals surface area contributed by atoms with Crippen molar-refractivity contribution >= 4 is 55.2 Å². The molecule has 1 aromatic carbocycles. The summed E-state index contributed by atoms with van der Waals surface area (Å²) in [5, 5.41) is 0. The highest BCUT2D eigenvalue weighted by Gasteiger charge is 2.30. The summed E-state index contributed by atoms with van der Waals surface area (Å²) in [4.78, 5) is 30.5. The summed E-state index contributed by atoms with van der Waals surface area (Å²) in [5.41, 5.74) is 0.797. The molecule has 1 aliphatic rings. The fourth-order valence-electron chi connectivity index (χ4n) is 3.24. The van der Waals surface area contributed by atoms with Crippen molar-refractivity contribution in [2.24, 2.45) is 10.9 Å². The Morgan fingerprint density at radius 1 is 1.38 bits per heavy atom. The predicted molar refractivity (Wildman–Crippen MR) is 113 cm³/mol. The Labute approximate surface area is 177 Å². The zero-order valence-corrected chi connectivity index (χ0v) is 18.9. The van der Waals surface area contributed by atoms with Gasteiger partial charge in [-0.25, -0.2) is 12.7 Å². The molecule has 158 valence electrons. The molecule has 1 fully saturated rings. The second-order valence-corrected chi connectivity index (χ2v) is 10.7. The molecule has 0 spiro atoms. The van der Waals surface area contributed by atoms with Crippen LogP contribution in [0.1, 0.15) is 12.8 Å². The molecule has 1 saturated heterocycles. The third kappa shape index (κ3) is 5.08. The van der Waals surface area contributed by atoms with Gasteiger partial charge in [-0.15, -0.1) is 11.8 Å². The molecule has 0 aliphatic carbocycles. The van der Waals surface area contributed by atoms with Crippen LogP contribution in [0.2, 0.25) is 0 Å². The molecule has 3 rings (SSSR count). The number of thiazole rings is 1. The number of esters is 1. The largest absolute Gasteiger partial charge is 0.468 e. The van der Waals surface area contributed by atoms with E-state index in [1.54, 1.807) is 16.3 Å². The lowest BCUT2D eigenvalue weighted by atomic mass is 9.99. The van der Waals surface area contributed by atoms with E-state index in [9.17, 15) is 18.0 Å².